The summed E-state index contributed by atoms with van der Waals surface area (Å²) in [5, 5.41) is 8.88. The summed E-state index contributed by atoms with van der Waals surface area (Å²) in [6.45, 7) is 2.77. The van der Waals surface area contributed by atoms with Gasteiger partial charge in [-0.3, -0.25) is 4.79 Å². The van der Waals surface area contributed by atoms with Gasteiger partial charge in [-0.1, -0.05) is 41.6 Å². The van der Waals surface area contributed by atoms with Crippen molar-refractivity contribution in [2.45, 2.75) is 0 Å². The van der Waals surface area contributed by atoms with Gasteiger partial charge in [0, 0.05) is 30.2 Å². The first-order valence-electron chi connectivity index (χ1n) is 7.90. The fourth-order valence-corrected chi connectivity index (χ4v) is 2.83. The van der Waals surface area contributed by atoms with Crippen molar-refractivity contribution in [2.75, 3.05) is 36.5 Å². The third kappa shape index (κ3) is 2.83. The minimum atomic E-state index is -0.283. The SMILES string of the molecule is O=C(Nc1cccc2ccccc12)c1cc(N2CCOCC2)on1. The minimum Gasteiger partial charge on any atom is -0.378 e. The molecular weight excluding hydrogens is 306 g/mol. The molecule has 0 atom stereocenters. The van der Waals surface area contributed by atoms with Gasteiger partial charge in [-0.15, -0.1) is 0 Å². The van der Waals surface area contributed by atoms with Gasteiger partial charge < -0.3 is 19.5 Å². The van der Waals surface area contributed by atoms with Crippen molar-refractivity contribution < 1.29 is 14.1 Å². The van der Waals surface area contributed by atoms with E-state index in [0.29, 0.717) is 19.1 Å². The predicted molar refractivity (Wildman–Crippen MR) is 91.4 cm³/mol. The summed E-state index contributed by atoms with van der Waals surface area (Å²) in [5.74, 6) is 0.316. The monoisotopic (exact) mass is 323 g/mol. The van der Waals surface area contributed by atoms with Crippen LogP contribution in [0.3, 0.4) is 0 Å². The van der Waals surface area contributed by atoms with Crippen molar-refractivity contribution in [3.63, 3.8) is 0 Å². The smallest absolute Gasteiger partial charge is 0.277 e. The number of ether oxygens (including phenoxy) is 1. The number of hydrogen-bond acceptors (Lipinski definition) is 5. The lowest BCUT2D eigenvalue weighted by Gasteiger charge is -2.25. The molecular formula is C18H17N3O3. The highest BCUT2D eigenvalue weighted by molar-refractivity contribution is 6.08. The highest BCUT2D eigenvalue weighted by Crippen LogP contribution is 2.24. The second-order valence-corrected chi connectivity index (χ2v) is 5.63. The van der Waals surface area contributed by atoms with E-state index in [2.05, 4.69) is 10.5 Å². The molecule has 24 heavy (non-hydrogen) atoms. The van der Waals surface area contributed by atoms with Gasteiger partial charge in [-0.25, -0.2) is 0 Å². The Morgan fingerprint density at radius 3 is 2.75 bits per heavy atom. The van der Waals surface area contributed by atoms with Gasteiger partial charge in [-0.05, 0) is 11.5 Å². The van der Waals surface area contributed by atoms with Crippen LogP contribution < -0.4 is 10.2 Å². The number of morpholine rings is 1. The van der Waals surface area contributed by atoms with E-state index in [1.165, 1.54) is 0 Å². The average molecular weight is 323 g/mol. The van der Waals surface area contributed by atoms with E-state index in [9.17, 15) is 4.79 Å². The zero-order valence-corrected chi connectivity index (χ0v) is 13.1. The topological polar surface area (TPSA) is 67.6 Å². The van der Waals surface area contributed by atoms with E-state index >= 15 is 0 Å². The molecule has 1 saturated heterocycles. The summed E-state index contributed by atoms with van der Waals surface area (Å²) in [4.78, 5) is 14.5. The molecule has 0 bridgehead atoms. The number of hydrogen-bond donors (Lipinski definition) is 1. The summed E-state index contributed by atoms with van der Waals surface area (Å²) in [7, 11) is 0. The first kappa shape index (κ1) is 14.7. The fraction of sp³-hybridized carbons (Fsp3) is 0.222. The Bertz CT molecular complexity index is 863. The number of carbonyl (C=O) groups is 1. The van der Waals surface area contributed by atoms with Crippen LogP contribution in [-0.2, 0) is 4.74 Å². The zero-order valence-electron chi connectivity index (χ0n) is 13.1. The van der Waals surface area contributed by atoms with Crippen molar-refractivity contribution in [1.29, 1.82) is 0 Å². The van der Waals surface area contributed by atoms with Crippen LogP contribution in [0.5, 0.6) is 0 Å². The van der Waals surface area contributed by atoms with Crippen LogP contribution in [0.15, 0.2) is 53.1 Å². The third-order valence-electron chi connectivity index (χ3n) is 4.09. The molecule has 6 heteroatoms. The fourth-order valence-electron chi connectivity index (χ4n) is 2.83. The molecule has 0 saturated carbocycles. The van der Waals surface area contributed by atoms with Gasteiger partial charge in [0.25, 0.3) is 5.91 Å². The van der Waals surface area contributed by atoms with Crippen LogP contribution in [-0.4, -0.2) is 37.4 Å². The van der Waals surface area contributed by atoms with E-state index in [1.807, 2.05) is 47.4 Å². The van der Waals surface area contributed by atoms with E-state index < -0.39 is 0 Å². The zero-order chi connectivity index (χ0) is 16.4. The number of amides is 1. The van der Waals surface area contributed by atoms with Gasteiger partial charge in [0.2, 0.25) is 5.88 Å². The Labute approximate surface area is 139 Å². The van der Waals surface area contributed by atoms with Gasteiger partial charge in [0.1, 0.15) is 0 Å². The lowest BCUT2D eigenvalue weighted by molar-refractivity contribution is 0.101. The van der Waals surface area contributed by atoms with Crippen molar-refractivity contribution >= 4 is 28.3 Å². The molecule has 1 aliphatic rings. The number of aromatic nitrogens is 1. The first-order chi connectivity index (χ1) is 11.8. The van der Waals surface area contributed by atoms with Crippen LogP contribution in [0.2, 0.25) is 0 Å². The highest BCUT2D eigenvalue weighted by Gasteiger charge is 2.19. The molecule has 2 heterocycles. The van der Waals surface area contributed by atoms with Gasteiger partial charge in [0.05, 0.1) is 13.2 Å². The minimum absolute atomic E-state index is 0.268. The van der Waals surface area contributed by atoms with Crippen LogP contribution >= 0.6 is 0 Å². The van der Waals surface area contributed by atoms with Gasteiger partial charge >= 0.3 is 0 Å². The molecule has 122 valence electrons. The predicted octanol–water partition coefficient (Wildman–Crippen LogP) is 2.92. The maximum Gasteiger partial charge on any atom is 0.277 e. The molecule has 1 N–H and O–H groups in total. The molecule has 4 rings (SSSR count). The molecule has 3 aromatic rings. The van der Waals surface area contributed by atoms with E-state index in [-0.39, 0.29) is 11.6 Å². The van der Waals surface area contributed by atoms with Crippen molar-refractivity contribution in [3.8, 4) is 0 Å². The van der Waals surface area contributed by atoms with Crippen LogP contribution in [0.25, 0.3) is 10.8 Å². The van der Waals surface area contributed by atoms with Crippen molar-refractivity contribution in [1.82, 2.24) is 5.16 Å². The van der Waals surface area contributed by atoms with Crippen molar-refractivity contribution in [3.05, 3.63) is 54.2 Å². The number of rotatable bonds is 3. The van der Waals surface area contributed by atoms with E-state index in [0.717, 1.165) is 29.5 Å². The molecule has 1 aromatic heterocycles. The summed E-state index contributed by atoms with van der Waals surface area (Å²) in [6, 6.07) is 15.4. The second kappa shape index (κ2) is 6.33. The molecule has 0 spiro atoms. The first-order valence-corrected chi connectivity index (χ1v) is 7.90. The lowest BCUT2D eigenvalue weighted by atomic mass is 10.1. The van der Waals surface area contributed by atoms with Crippen LogP contribution in [0, 0.1) is 0 Å². The maximum absolute atomic E-state index is 12.5. The van der Waals surface area contributed by atoms with E-state index in [1.54, 1.807) is 6.07 Å². The molecule has 1 fully saturated rings. The Kier molecular flexibility index (Phi) is 3.88. The Balaban J connectivity index is 1.54. The molecule has 0 radical (unpaired) electrons. The lowest BCUT2D eigenvalue weighted by Crippen LogP contribution is -2.35. The normalized spacial score (nSPS) is 14.8. The number of nitrogens with zero attached hydrogens (tertiary/aromatic N) is 2. The van der Waals surface area contributed by atoms with Crippen LogP contribution in [0.4, 0.5) is 11.6 Å². The summed E-state index contributed by atoms with van der Waals surface area (Å²) in [6.07, 6.45) is 0. The molecule has 0 unspecified atom stereocenters. The number of nitrogens with one attached hydrogen (secondary N) is 1. The Hall–Kier alpha value is -2.86. The molecule has 1 aliphatic heterocycles. The average Bonchev–Trinajstić information content (AvgIpc) is 3.13. The Morgan fingerprint density at radius 2 is 1.88 bits per heavy atom. The summed E-state index contributed by atoms with van der Waals surface area (Å²) >= 11 is 0. The van der Waals surface area contributed by atoms with Crippen molar-refractivity contribution in [2.24, 2.45) is 0 Å². The number of anilines is 2. The molecule has 2 aromatic carbocycles. The second-order valence-electron chi connectivity index (χ2n) is 5.63. The quantitative estimate of drug-likeness (QED) is 0.803. The third-order valence-corrected chi connectivity index (χ3v) is 4.09. The van der Waals surface area contributed by atoms with Gasteiger partial charge in [-0.2, -0.15) is 0 Å². The summed E-state index contributed by atoms with van der Waals surface area (Å²) < 4.78 is 10.6. The number of benzene rings is 2. The largest absolute Gasteiger partial charge is 0.378 e. The standard InChI is InChI=1S/C18H17N3O3/c22-18(16-12-17(24-20-16)21-8-10-23-11-9-21)19-15-7-3-5-13-4-1-2-6-14(13)15/h1-7,12H,8-11H2,(H,19,22). The Morgan fingerprint density at radius 1 is 1.08 bits per heavy atom. The highest BCUT2D eigenvalue weighted by atomic mass is 16.5. The molecule has 0 aliphatic carbocycles. The van der Waals surface area contributed by atoms with Gasteiger partial charge in [0.15, 0.2) is 5.69 Å². The number of carbonyl (C=O) groups excluding carboxylic acids is 1. The number of fused-ring (bicyclic) bond motifs is 1. The molecule has 1 amide bonds. The summed E-state index contributed by atoms with van der Waals surface area (Å²) in [5.41, 5.74) is 1.03. The van der Waals surface area contributed by atoms with E-state index in [4.69, 9.17) is 9.26 Å². The van der Waals surface area contributed by atoms with Crippen LogP contribution in [0.1, 0.15) is 10.5 Å². The molecule has 6 nitrogen and oxygen atoms in total. The maximum atomic E-state index is 12.5.